The van der Waals surface area contributed by atoms with Crippen LogP contribution in [0.15, 0.2) is 4.52 Å². The van der Waals surface area contributed by atoms with Crippen LogP contribution in [-0.2, 0) is 16.8 Å². The Kier molecular flexibility index (Phi) is 3.56. The van der Waals surface area contributed by atoms with E-state index in [0.29, 0.717) is 31.3 Å². The summed E-state index contributed by atoms with van der Waals surface area (Å²) < 4.78 is 11.0. The summed E-state index contributed by atoms with van der Waals surface area (Å²) in [5.41, 5.74) is 5.16. The quantitative estimate of drug-likeness (QED) is 0.819. The van der Waals surface area contributed by atoms with Crippen LogP contribution in [0.3, 0.4) is 0 Å². The Balaban J connectivity index is 2.18. The second-order valence-corrected chi connectivity index (χ2v) is 4.18. The summed E-state index contributed by atoms with van der Waals surface area (Å²) in [7, 11) is 0. The average Bonchev–Trinajstić information content (AvgIpc) is 2.88. The maximum Gasteiger partial charge on any atom is 0.228 e. The molecule has 0 unspecified atom stereocenters. The van der Waals surface area contributed by atoms with E-state index in [1.807, 2.05) is 6.92 Å². The zero-order valence-corrected chi connectivity index (χ0v) is 9.74. The molecule has 0 amide bonds. The molecule has 5 heteroatoms. The molecule has 1 saturated carbocycles. The molecule has 16 heavy (non-hydrogen) atoms. The average molecular weight is 225 g/mol. The molecule has 0 aromatic carbocycles. The second-order valence-electron chi connectivity index (χ2n) is 4.18. The number of rotatable bonds is 5. The molecule has 1 aromatic heterocycles. The van der Waals surface area contributed by atoms with Crippen LogP contribution in [0.2, 0.25) is 0 Å². The standard InChI is InChI=1S/C11H19N3O2/c1-2-15-11(6-3-4-7-11)10-13-9(5-8-12)16-14-10/h2-8,12H2,1H3. The van der Waals surface area contributed by atoms with E-state index in [-0.39, 0.29) is 5.60 Å². The van der Waals surface area contributed by atoms with Crippen molar-refractivity contribution >= 4 is 0 Å². The van der Waals surface area contributed by atoms with Crippen molar-refractivity contribution in [3.8, 4) is 0 Å². The zero-order valence-electron chi connectivity index (χ0n) is 9.74. The molecule has 1 fully saturated rings. The molecular formula is C11H19N3O2. The van der Waals surface area contributed by atoms with Crippen molar-refractivity contribution in [2.45, 2.75) is 44.6 Å². The van der Waals surface area contributed by atoms with Gasteiger partial charge in [0.2, 0.25) is 11.7 Å². The van der Waals surface area contributed by atoms with E-state index >= 15 is 0 Å². The third kappa shape index (κ3) is 2.10. The smallest absolute Gasteiger partial charge is 0.228 e. The molecule has 0 atom stereocenters. The SMILES string of the molecule is CCOC1(c2noc(CCN)n2)CCCC1. The molecule has 0 saturated heterocycles. The molecule has 0 bridgehead atoms. The van der Waals surface area contributed by atoms with Gasteiger partial charge in [-0.05, 0) is 32.6 Å². The molecule has 2 N–H and O–H groups in total. The van der Waals surface area contributed by atoms with Gasteiger partial charge in [0.1, 0.15) is 5.60 Å². The number of nitrogens with two attached hydrogens (primary N) is 1. The molecule has 1 aromatic rings. The molecule has 5 nitrogen and oxygen atoms in total. The van der Waals surface area contributed by atoms with E-state index in [9.17, 15) is 0 Å². The van der Waals surface area contributed by atoms with Crippen LogP contribution < -0.4 is 5.73 Å². The lowest BCUT2D eigenvalue weighted by atomic mass is 10.0. The number of ether oxygens (including phenoxy) is 1. The number of hydrogen-bond donors (Lipinski definition) is 1. The van der Waals surface area contributed by atoms with E-state index in [4.69, 9.17) is 15.0 Å². The highest BCUT2D eigenvalue weighted by Gasteiger charge is 2.40. The van der Waals surface area contributed by atoms with Gasteiger partial charge in [-0.1, -0.05) is 5.16 Å². The third-order valence-electron chi connectivity index (χ3n) is 3.07. The van der Waals surface area contributed by atoms with Gasteiger partial charge in [0.25, 0.3) is 0 Å². The largest absolute Gasteiger partial charge is 0.367 e. The van der Waals surface area contributed by atoms with Gasteiger partial charge in [-0.3, -0.25) is 0 Å². The number of hydrogen-bond acceptors (Lipinski definition) is 5. The maximum absolute atomic E-state index is 5.85. The van der Waals surface area contributed by atoms with Crippen molar-refractivity contribution in [3.05, 3.63) is 11.7 Å². The van der Waals surface area contributed by atoms with Crippen molar-refractivity contribution in [2.24, 2.45) is 5.73 Å². The summed E-state index contributed by atoms with van der Waals surface area (Å²) in [5.74, 6) is 1.32. The first-order valence-corrected chi connectivity index (χ1v) is 5.98. The van der Waals surface area contributed by atoms with Crippen molar-refractivity contribution in [1.29, 1.82) is 0 Å². The first-order valence-electron chi connectivity index (χ1n) is 5.98. The molecular weight excluding hydrogens is 206 g/mol. The summed E-state index contributed by atoms with van der Waals surface area (Å²) in [6.07, 6.45) is 4.95. The summed E-state index contributed by atoms with van der Waals surface area (Å²) in [6, 6.07) is 0. The van der Waals surface area contributed by atoms with Gasteiger partial charge in [-0.15, -0.1) is 0 Å². The normalized spacial score (nSPS) is 19.1. The van der Waals surface area contributed by atoms with E-state index in [1.54, 1.807) is 0 Å². The number of aromatic nitrogens is 2. The molecule has 0 radical (unpaired) electrons. The molecule has 0 spiro atoms. The van der Waals surface area contributed by atoms with Gasteiger partial charge < -0.3 is 15.0 Å². The summed E-state index contributed by atoms with van der Waals surface area (Å²) in [6.45, 7) is 3.21. The van der Waals surface area contributed by atoms with Crippen LogP contribution in [0.25, 0.3) is 0 Å². The van der Waals surface area contributed by atoms with Crippen LogP contribution in [0, 0.1) is 0 Å². The fourth-order valence-corrected chi connectivity index (χ4v) is 2.32. The highest BCUT2D eigenvalue weighted by Crippen LogP contribution is 2.40. The van der Waals surface area contributed by atoms with E-state index < -0.39 is 0 Å². The van der Waals surface area contributed by atoms with Crippen LogP contribution in [0.5, 0.6) is 0 Å². The zero-order chi connectivity index (χ0) is 11.4. The first-order chi connectivity index (χ1) is 7.80. The van der Waals surface area contributed by atoms with Gasteiger partial charge >= 0.3 is 0 Å². The highest BCUT2D eigenvalue weighted by atomic mass is 16.5. The molecule has 1 aliphatic rings. The fraction of sp³-hybridized carbons (Fsp3) is 0.818. The predicted octanol–water partition coefficient (Wildman–Crippen LogP) is 1.38. The van der Waals surface area contributed by atoms with Gasteiger partial charge in [0, 0.05) is 19.6 Å². The second kappa shape index (κ2) is 4.93. The summed E-state index contributed by atoms with van der Waals surface area (Å²) >= 11 is 0. The van der Waals surface area contributed by atoms with E-state index in [0.717, 1.165) is 12.8 Å². The minimum atomic E-state index is -0.300. The minimum Gasteiger partial charge on any atom is -0.367 e. The lowest BCUT2D eigenvalue weighted by Crippen LogP contribution is -2.27. The fourth-order valence-electron chi connectivity index (χ4n) is 2.32. The minimum absolute atomic E-state index is 0.300. The monoisotopic (exact) mass is 225 g/mol. The van der Waals surface area contributed by atoms with Gasteiger partial charge in [-0.2, -0.15) is 4.98 Å². The van der Waals surface area contributed by atoms with Crippen LogP contribution in [-0.4, -0.2) is 23.3 Å². The maximum atomic E-state index is 5.85. The lowest BCUT2D eigenvalue weighted by molar-refractivity contribution is -0.0469. The Morgan fingerprint density at radius 3 is 2.81 bits per heavy atom. The first kappa shape index (κ1) is 11.5. The van der Waals surface area contributed by atoms with E-state index in [2.05, 4.69) is 10.1 Å². The predicted molar refractivity (Wildman–Crippen MR) is 58.8 cm³/mol. The Morgan fingerprint density at radius 2 is 2.19 bits per heavy atom. The molecule has 1 aliphatic carbocycles. The Hall–Kier alpha value is -0.940. The van der Waals surface area contributed by atoms with Crippen LogP contribution in [0.4, 0.5) is 0 Å². The van der Waals surface area contributed by atoms with Gasteiger partial charge in [-0.25, -0.2) is 0 Å². The van der Waals surface area contributed by atoms with Crippen molar-refractivity contribution in [1.82, 2.24) is 10.1 Å². The number of nitrogens with zero attached hydrogens (tertiary/aromatic N) is 2. The van der Waals surface area contributed by atoms with Crippen molar-refractivity contribution in [3.63, 3.8) is 0 Å². The van der Waals surface area contributed by atoms with Gasteiger partial charge in [0.15, 0.2) is 0 Å². The van der Waals surface area contributed by atoms with Crippen LogP contribution in [0.1, 0.15) is 44.3 Å². The summed E-state index contributed by atoms with van der Waals surface area (Å²) in [5, 5.41) is 4.04. The molecule has 0 aliphatic heterocycles. The summed E-state index contributed by atoms with van der Waals surface area (Å²) in [4.78, 5) is 4.39. The third-order valence-corrected chi connectivity index (χ3v) is 3.07. The lowest BCUT2D eigenvalue weighted by Gasteiger charge is -2.24. The Bertz CT molecular complexity index is 332. The molecule has 2 rings (SSSR count). The van der Waals surface area contributed by atoms with Crippen LogP contribution >= 0.6 is 0 Å². The van der Waals surface area contributed by atoms with Gasteiger partial charge in [0.05, 0.1) is 0 Å². The van der Waals surface area contributed by atoms with E-state index in [1.165, 1.54) is 12.8 Å². The van der Waals surface area contributed by atoms with Crippen molar-refractivity contribution < 1.29 is 9.26 Å². The molecule has 90 valence electrons. The highest BCUT2D eigenvalue weighted by molar-refractivity contribution is 5.04. The van der Waals surface area contributed by atoms with Crippen molar-refractivity contribution in [2.75, 3.05) is 13.2 Å². The topological polar surface area (TPSA) is 74.2 Å². The molecule has 1 heterocycles. The Labute approximate surface area is 95.3 Å². The Morgan fingerprint density at radius 1 is 1.44 bits per heavy atom.